The van der Waals surface area contributed by atoms with Crippen LogP contribution in [-0.4, -0.2) is 42.3 Å². The van der Waals surface area contributed by atoms with Crippen molar-refractivity contribution in [1.82, 2.24) is 0 Å². The van der Waals surface area contributed by atoms with Gasteiger partial charge in [0.2, 0.25) is 0 Å². The second-order valence-corrected chi connectivity index (χ2v) is 7.26. The minimum absolute atomic E-state index is 0.866. The predicted octanol–water partition coefficient (Wildman–Crippen LogP) is 6.47. The first-order valence-corrected chi connectivity index (χ1v) is 9.48. The average Bonchev–Trinajstić information content (AvgIpc) is 2.92. The van der Waals surface area contributed by atoms with Gasteiger partial charge >= 0.3 is 73.6 Å². The Morgan fingerprint density at radius 3 is 1.48 bits per heavy atom. The molecule has 0 spiro atoms. The molecule has 3 atom stereocenters. The molecule has 2 aliphatic carbocycles. The molecule has 0 bridgehead atoms. The van der Waals surface area contributed by atoms with Gasteiger partial charge in [-0.25, -0.2) is 0 Å². The van der Waals surface area contributed by atoms with E-state index >= 15 is 0 Å². The van der Waals surface area contributed by atoms with E-state index in [2.05, 4.69) is 73.8 Å². The average molecular weight is 381 g/mol. The second-order valence-electron chi connectivity index (χ2n) is 6.10. The fourth-order valence-corrected chi connectivity index (χ4v) is 2.78. The van der Waals surface area contributed by atoms with Gasteiger partial charge in [0, 0.05) is 0 Å². The zero-order chi connectivity index (χ0) is 20.3. The molecule has 0 aromatic rings. The molecular weight excluding hydrogens is 342 g/mol. The van der Waals surface area contributed by atoms with Crippen LogP contribution >= 0.6 is 0 Å². The molecule has 3 nitrogen and oxygen atoms in total. The normalized spacial score (nSPS) is 21.6. The molecule has 0 amide bonds. The van der Waals surface area contributed by atoms with Gasteiger partial charge in [-0.15, -0.1) is 0 Å². The molecule has 2 rings (SSSR count). The number of hydrogen-bond acceptors (Lipinski definition) is 0. The van der Waals surface area contributed by atoms with Gasteiger partial charge in [0.1, 0.15) is 0 Å². The molecule has 0 saturated heterocycles. The van der Waals surface area contributed by atoms with Crippen molar-refractivity contribution in [2.45, 2.75) is 30.9 Å². The molecule has 0 aromatic heterocycles. The maximum atomic E-state index is 3.66. The van der Waals surface area contributed by atoms with E-state index in [9.17, 15) is 0 Å². The maximum absolute atomic E-state index is 3.66. The summed E-state index contributed by atoms with van der Waals surface area (Å²) in [6.45, 7) is 11.2. The van der Waals surface area contributed by atoms with Crippen molar-refractivity contribution in [2.24, 2.45) is 11.8 Å². The molecule has 1 saturated carbocycles. The van der Waals surface area contributed by atoms with Crippen molar-refractivity contribution < 1.29 is 20.4 Å². The van der Waals surface area contributed by atoms with E-state index < -0.39 is 0 Å². The van der Waals surface area contributed by atoms with Crippen molar-refractivity contribution >= 4 is 0 Å². The summed E-state index contributed by atoms with van der Waals surface area (Å²) >= 11 is 2.37. The molecule has 25 heavy (non-hydrogen) atoms. The van der Waals surface area contributed by atoms with Crippen molar-refractivity contribution in [3.63, 3.8) is 0 Å². The molecule has 0 aliphatic heterocycles. The Hall–Kier alpha value is -0.446. The summed E-state index contributed by atoms with van der Waals surface area (Å²) in [5.74, 6) is 1.74. The van der Waals surface area contributed by atoms with Crippen LogP contribution in [0.15, 0.2) is 48.6 Å². The van der Waals surface area contributed by atoms with E-state index in [0.717, 1.165) is 27.2 Å². The Morgan fingerprint density at radius 2 is 1.16 bits per heavy atom. The van der Waals surface area contributed by atoms with E-state index in [0.29, 0.717) is 0 Å². The molecule has 0 N–H and O–H groups in total. The molecule has 0 heterocycles. The Kier molecular flexibility index (Phi) is 25.3. The number of allylic oxidation sites excluding steroid dienone is 6. The summed E-state index contributed by atoms with van der Waals surface area (Å²) in [5.41, 5.74) is 2.13. The van der Waals surface area contributed by atoms with Crippen LogP contribution < -0.4 is 0 Å². The van der Waals surface area contributed by atoms with Crippen LogP contribution in [0.5, 0.6) is 0 Å². The summed E-state index contributed by atoms with van der Waals surface area (Å²) in [7, 11) is 10.5. The first-order chi connectivity index (χ1) is 11.8. The topological polar surface area (TPSA) is 42.3 Å². The van der Waals surface area contributed by atoms with Gasteiger partial charge < -0.3 is 16.0 Å². The third kappa shape index (κ3) is 19.7. The predicted molar refractivity (Wildman–Crippen MR) is 113 cm³/mol. The summed E-state index contributed by atoms with van der Waals surface area (Å²) in [4.78, 5) is 0. The van der Waals surface area contributed by atoms with Gasteiger partial charge in [-0.1, -0.05) is 24.3 Å². The van der Waals surface area contributed by atoms with E-state index in [4.69, 9.17) is 0 Å². The summed E-state index contributed by atoms with van der Waals surface area (Å²) in [5, 5.41) is 10.5. The van der Waals surface area contributed by atoms with Gasteiger partial charge in [0.15, 0.2) is 0 Å². The Bertz CT molecular complexity index is 359. The molecular formula is C21H39N3Ti. The van der Waals surface area contributed by atoms with E-state index in [1.807, 2.05) is 13.8 Å². The minimum atomic E-state index is 0.866. The third-order valence-electron chi connectivity index (χ3n) is 3.30. The van der Waals surface area contributed by atoms with Gasteiger partial charge in [-0.2, -0.15) is 42.3 Å². The first-order valence-electron chi connectivity index (χ1n) is 8.58. The molecule has 2 aliphatic rings. The summed E-state index contributed by atoms with van der Waals surface area (Å²) < 4.78 is 0.922. The summed E-state index contributed by atoms with van der Waals surface area (Å²) in [6.07, 6.45) is 12.0. The second kappa shape index (κ2) is 21.6. The zero-order valence-electron chi connectivity index (χ0n) is 17.7. The van der Waals surface area contributed by atoms with Crippen LogP contribution in [-0.2, 0) is 20.4 Å². The molecule has 3 unspecified atom stereocenters. The van der Waals surface area contributed by atoms with Crippen LogP contribution in [0.3, 0.4) is 0 Å². The van der Waals surface area contributed by atoms with Gasteiger partial charge in [-0.3, -0.25) is 0 Å². The summed E-state index contributed by atoms with van der Waals surface area (Å²) in [6, 6.07) is 0. The molecule has 0 aromatic carbocycles. The van der Waals surface area contributed by atoms with Gasteiger partial charge in [0.25, 0.3) is 0 Å². The number of hydrogen-bond donors (Lipinski definition) is 0. The van der Waals surface area contributed by atoms with Crippen LogP contribution in [0.4, 0.5) is 0 Å². The van der Waals surface area contributed by atoms with Crippen molar-refractivity contribution in [3.05, 3.63) is 64.6 Å². The third-order valence-corrected chi connectivity index (χ3v) is 4.35. The van der Waals surface area contributed by atoms with E-state index in [1.54, 1.807) is 42.3 Å². The van der Waals surface area contributed by atoms with Crippen LogP contribution in [0.2, 0.25) is 4.22 Å². The quantitative estimate of drug-likeness (QED) is 0.369. The van der Waals surface area contributed by atoms with Gasteiger partial charge in [-0.05, 0) is 13.8 Å². The Labute approximate surface area is 169 Å². The fraction of sp³-hybridized carbons (Fsp3) is 0.619. The van der Waals surface area contributed by atoms with Gasteiger partial charge in [0.05, 0.1) is 0 Å². The Morgan fingerprint density at radius 1 is 0.800 bits per heavy atom. The zero-order valence-corrected chi connectivity index (χ0v) is 19.3. The molecule has 142 valence electrons. The number of fused-ring (bicyclic) bond motifs is 1. The van der Waals surface area contributed by atoms with Crippen molar-refractivity contribution in [3.8, 4) is 0 Å². The standard InChI is InChI=1S/C9H11.C6H10.3C2H6N.Ti/c1-2-5-9-7-3-6-8(9)4-1;1-5(2)6(3)4;3*1-3-2;/h1-2,4-6,8-9H,3,7H2;1,3H2,2,4H3;3*1-2H3;/q;;3*-1;+3. The van der Waals surface area contributed by atoms with Crippen LogP contribution in [0, 0.1) is 11.8 Å². The monoisotopic (exact) mass is 381 g/mol. The molecule has 1 fully saturated rings. The molecule has 4 heteroatoms. The van der Waals surface area contributed by atoms with E-state index in [1.165, 1.54) is 12.8 Å². The fourth-order valence-electron chi connectivity index (χ4n) is 1.96. The number of rotatable bonds is 1. The molecule has 0 radical (unpaired) electrons. The number of nitrogens with zero attached hydrogens (tertiary/aromatic N) is 3. The van der Waals surface area contributed by atoms with E-state index in [-0.39, 0.29) is 0 Å². The van der Waals surface area contributed by atoms with Crippen LogP contribution in [0.25, 0.3) is 16.0 Å². The van der Waals surface area contributed by atoms with Crippen molar-refractivity contribution in [2.75, 3.05) is 42.3 Å². The van der Waals surface area contributed by atoms with Crippen molar-refractivity contribution in [1.29, 1.82) is 0 Å². The Balaban J connectivity index is -0.000000279. The SMILES string of the molecule is C=C(C)C(=C)C.C[N-]C.C[N-]C.C[N-]C.[Ti+3][CH]1CCC2C=CC=CC12. The first kappa shape index (κ1) is 29.3. The van der Waals surface area contributed by atoms with Crippen LogP contribution in [0.1, 0.15) is 26.7 Å².